The molecule has 1 aromatic carbocycles. The van der Waals surface area contributed by atoms with Crippen LogP contribution in [0, 0.1) is 0 Å². The summed E-state index contributed by atoms with van der Waals surface area (Å²) in [5.41, 5.74) is 7.43. The van der Waals surface area contributed by atoms with Gasteiger partial charge in [0.25, 0.3) is 0 Å². The van der Waals surface area contributed by atoms with Crippen LogP contribution >= 0.6 is 15.9 Å². The molecule has 0 atom stereocenters. The van der Waals surface area contributed by atoms with Crippen LogP contribution < -0.4 is 11.3 Å². The molecule has 0 saturated carbocycles. The number of hydrogen-bond donors (Lipinski definition) is 2. The van der Waals surface area contributed by atoms with E-state index in [1.54, 1.807) is 0 Å². The predicted octanol–water partition coefficient (Wildman–Crippen LogP) is 3.16. The smallest absolute Gasteiger partial charge is 0.0727 e. The topological polar surface area (TPSA) is 50.9 Å². The molecular weight excluding hydrogens is 278 g/mol. The van der Waals surface area contributed by atoms with E-state index in [-0.39, 0.29) is 0 Å². The van der Waals surface area contributed by atoms with Crippen molar-refractivity contribution < 1.29 is 0 Å². The number of pyridine rings is 1. The molecule has 3 nitrogen and oxygen atoms in total. The molecule has 1 aliphatic rings. The number of aromatic nitrogens is 1. The second-order valence-corrected chi connectivity index (χ2v) is 5.34. The summed E-state index contributed by atoms with van der Waals surface area (Å²) in [5.74, 6) is 5.70. The Bertz CT molecular complexity index is 580. The first kappa shape index (κ1) is 11.0. The van der Waals surface area contributed by atoms with E-state index in [0.717, 1.165) is 33.9 Å². The Morgan fingerprint density at radius 1 is 1.24 bits per heavy atom. The third kappa shape index (κ3) is 1.81. The first-order valence-electron chi connectivity index (χ1n) is 5.87. The number of halogens is 1. The van der Waals surface area contributed by atoms with E-state index in [4.69, 9.17) is 10.8 Å². The summed E-state index contributed by atoms with van der Waals surface area (Å²) >= 11 is 3.50. The van der Waals surface area contributed by atoms with E-state index in [9.17, 15) is 0 Å². The minimum Gasteiger partial charge on any atom is -0.323 e. The largest absolute Gasteiger partial charge is 0.323 e. The number of nitrogens with one attached hydrogen (secondary N) is 1. The number of rotatable bonds is 1. The van der Waals surface area contributed by atoms with Crippen molar-refractivity contribution >= 4 is 32.5 Å². The Morgan fingerprint density at radius 3 is 2.88 bits per heavy atom. The Balaban J connectivity index is 2.35. The van der Waals surface area contributed by atoms with E-state index < -0.39 is 0 Å². The number of nitrogens with two attached hydrogens (primary N) is 1. The molecule has 88 valence electrons. The van der Waals surface area contributed by atoms with Gasteiger partial charge in [-0.15, -0.1) is 0 Å². The third-order valence-electron chi connectivity index (χ3n) is 3.37. The van der Waals surface area contributed by atoms with Gasteiger partial charge in [0, 0.05) is 15.6 Å². The Hall–Kier alpha value is -1.13. The molecule has 0 saturated heterocycles. The normalized spacial score (nSPS) is 14.7. The summed E-state index contributed by atoms with van der Waals surface area (Å²) in [7, 11) is 0. The highest BCUT2D eigenvalue weighted by atomic mass is 79.9. The molecule has 0 amide bonds. The number of anilines is 1. The Morgan fingerprint density at radius 2 is 2.06 bits per heavy atom. The van der Waals surface area contributed by atoms with E-state index in [1.807, 2.05) is 12.1 Å². The molecule has 0 unspecified atom stereocenters. The van der Waals surface area contributed by atoms with Crippen molar-refractivity contribution in [1.29, 1.82) is 0 Å². The molecule has 1 aliphatic carbocycles. The molecular formula is C13H14BrN3. The van der Waals surface area contributed by atoms with Crippen molar-refractivity contribution in [1.82, 2.24) is 4.98 Å². The van der Waals surface area contributed by atoms with Gasteiger partial charge in [0.05, 0.1) is 11.2 Å². The van der Waals surface area contributed by atoms with Crippen LogP contribution in [-0.2, 0) is 12.8 Å². The molecule has 1 heterocycles. The summed E-state index contributed by atoms with van der Waals surface area (Å²) < 4.78 is 1.05. The standard InChI is InChI=1S/C13H14BrN3/c14-8-5-6-12-10(7-8)13(17-15)9-3-1-2-4-11(9)16-12/h5-7H,1-4,15H2,(H,16,17). The van der Waals surface area contributed by atoms with Crippen molar-refractivity contribution in [2.45, 2.75) is 25.7 Å². The summed E-state index contributed by atoms with van der Waals surface area (Å²) in [4.78, 5) is 4.75. The van der Waals surface area contributed by atoms with Crippen molar-refractivity contribution in [3.63, 3.8) is 0 Å². The fraction of sp³-hybridized carbons (Fsp3) is 0.308. The SMILES string of the molecule is NNc1c2c(nc3ccc(Br)cc13)CCCC2. The number of hydrazine groups is 1. The molecule has 4 heteroatoms. The Labute approximate surface area is 109 Å². The fourth-order valence-electron chi connectivity index (χ4n) is 2.56. The monoisotopic (exact) mass is 291 g/mol. The second-order valence-electron chi connectivity index (χ2n) is 4.42. The fourth-order valence-corrected chi connectivity index (χ4v) is 2.92. The van der Waals surface area contributed by atoms with Gasteiger partial charge in [-0.2, -0.15) is 0 Å². The van der Waals surface area contributed by atoms with Gasteiger partial charge in [-0.3, -0.25) is 10.8 Å². The van der Waals surface area contributed by atoms with Crippen LogP contribution in [0.1, 0.15) is 24.1 Å². The van der Waals surface area contributed by atoms with Gasteiger partial charge in [0.15, 0.2) is 0 Å². The van der Waals surface area contributed by atoms with Gasteiger partial charge in [-0.1, -0.05) is 15.9 Å². The van der Waals surface area contributed by atoms with Crippen molar-refractivity contribution in [2.75, 3.05) is 5.43 Å². The zero-order valence-electron chi connectivity index (χ0n) is 9.46. The van der Waals surface area contributed by atoms with Crippen LogP contribution in [0.2, 0.25) is 0 Å². The maximum absolute atomic E-state index is 5.70. The average molecular weight is 292 g/mol. The maximum Gasteiger partial charge on any atom is 0.0727 e. The first-order chi connectivity index (χ1) is 8.29. The lowest BCUT2D eigenvalue weighted by Gasteiger charge is -2.20. The minimum atomic E-state index is 1.02. The van der Waals surface area contributed by atoms with Gasteiger partial charge in [0.2, 0.25) is 0 Å². The number of aryl methyl sites for hydroxylation is 1. The Kier molecular flexibility index (Phi) is 2.76. The quantitative estimate of drug-likeness (QED) is 0.627. The van der Waals surface area contributed by atoms with Crippen LogP contribution in [0.4, 0.5) is 5.69 Å². The van der Waals surface area contributed by atoms with E-state index in [0.29, 0.717) is 0 Å². The van der Waals surface area contributed by atoms with Crippen LogP contribution in [0.25, 0.3) is 10.9 Å². The van der Waals surface area contributed by atoms with Gasteiger partial charge >= 0.3 is 0 Å². The molecule has 17 heavy (non-hydrogen) atoms. The van der Waals surface area contributed by atoms with Crippen molar-refractivity contribution in [3.05, 3.63) is 33.9 Å². The number of benzene rings is 1. The van der Waals surface area contributed by atoms with E-state index in [1.165, 1.54) is 24.1 Å². The summed E-state index contributed by atoms with van der Waals surface area (Å²) in [6, 6.07) is 6.13. The molecule has 0 bridgehead atoms. The van der Waals surface area contributed by atoms with Gasteiger partial charge in [-0.05, 0) is 49.4 Å². The lowest BCUT2D eigenvalue weighted by atomic mass is 9.93. The third-order valence-corrected chi connectivity index (χ3v) is 3.86. The zero-order chi connectivity index (χ0) is 11.8. The van der Waals surface area contributed by atoms with Crippen LogP contribution in [0.3, 0.4) is 0 Å². The number of nitrogen functional groups attached to an aromatic ring is 1. The van der Waals surface area contributed by atoms with Crippen LogP contribution in [-0.4, -0.2) is 4.98 Å². The molecule has 0 fully saturated rings. The molecule has 2 aromatic rings. The molecule has 0 aliphatic heterocycles. The number of fused-ring (bicyclic) bond motifs is 2. The number of nitrogens with zero attached hydrogens (tertiary/aromatic N) is 1. The highest BCUT2D eigenvalue weighted by Crippen LogP contribution is 2.33. The lowest BCUT2D eigenvalue weighted by Crippen LogP contribution is -2.15. The summed E-state index contributed by atoms with van der Waals surface area (Å²) in [6.45, 7) is 0. The van der Waals surface area contributed by atoms with E-state index >= 15 is 0 Å². The van der Waals surface area contributed by atoms with Crippen LogP contribution in [0.15, 0.2) is 22.7 Å². The predicted molar refractivity (Wildman–Crippen MR) is 73.9 cm³/mol. The van der Waals surface area contributed by atoms with Gasteiger partial charge in [-0.25, -0.2) is 0 Å². The van der Waals surface area contributed by atoms with Crippen molar-refractivity contribution in [2.24, 2.45) is 5.84 Å². The van der Waals surface area contributed by atoms with Crippen LogP contribution in [0.5, 0.6) is 0 Å². The maximum atomic E-state index is 5.70. The highest BCUT2D eigenvalue weighted by Gasteiger charge is 2.17. The molecule has 0 radical (unpaired) electrons. The second kappa shape index (κ2) is 4.27. The lowest BCUT2D eigenvalue weighted by molar-refractivity contribution is 0.672. The first-order valence-corrected chi connectivity index (χ1v) is 6.66. The molecule has 1 aromatic heterocycles. The summed E-state index contributed by atoms with van der Waals surface area (Å²) in [6.07, 6.45) is 4.59. The molecule has 0 spiro atoms. The molecule has 3 N–H and O–H groups in total. The highest BCUT2D eigenvalue weighted by molar-refractivity contribution is 9.10. The van der Waals surface area contributed by atoms with E-state index in [2.05, 4.69) is 27.4 Å². The number of hydrogen-bond acceptors (Lipinski definition) is 3. The minimum absolute atomic E-state index is 1.02. The summed E-state index contributed by atoms with van der Waals surface area (Å²) in [5, 5.41) is 1.10. The van der Waals surface area contributed by atoms with Gasteiger partial charge in [0.1, 0.15) is 0 Å². The van der Waals surface area contributed by atoms with Gasteiger partial charge < -0.3 is 5.43 Å². The molecule has 3 rings (SSSR count). The zero-order valence-corrected chi connectivity index (χ0v) is 11.0. The average Bonchev–Trinajstić information content (AvgIpc) is 2.36. The van der Waals surface area contributed by atoms with Crippen molar-refractivity contribution in [3.8, 4) is 0 Å².